The summed E-state index contributed by atoms with van der Waals surface area (Å²) in [7, 11) is 0. The van der Waals surface area contributed by atoms with Crippen molar-refractivity contribution in [2.24, 2.45) is 0 Å². The second kappa shape index (κ2) is 6.38. The van der Waals surface area contributed by atoms with Crippen LogP contribution in [0.5, 0.6) is 5.75 Å². The second-order valence-corrected chi connectivity index (χ2v) is 4.93. The van der Waals surface area contributed by atoms with Crippen molar-refractivity contribution in [2.75, 3.05) is 32.8 Å². The van der Waals surface area contributed by atoms with Gasteiger partial charge in [-0.1, -0.05) is 17.7 Å². The van der Waals surface area contributed by atoms with Crippen molar-refractivity contribution in [1.82, 2.24) is 10.2 Å². The van der Waals surface area contributed by atoms with E-state index >= 15 is 0 Å². The zero-order valence-electron chi connectivity index (χ0n) is 10.3. The fourth-order valence-corrected chi connectivity index (χ4v) is 2.60. The van der Waals surface area contributed by atoms with E-state index in [-0.39, 0.29) is 18.4 Å². The quantitative estimate of drug-likeness (QED) is 0.774. The van der Waals surface area contributed by atoms with Crippen LogP contribution in [0, 0.1) is 0 Å². The molecular formula is C13H19ClN2O2. The molecule has 1 aliphatic rings. The van der Waals surface area contributed by atoms with Gasteiger partial charge in [-0.15, -0.1) is 0 Å². The molecule has 0 aliphatic carbocycles. The van der Waals surface area contributed by atoms with Crippen molar-refractivity contribution in [3.05, 3.63) is 28.8 Å². The van der Waals surface area contributed by atoms with Crippen molar-refractivity contribution in [3.8, 4) is 5.75 Å². The lowest BCUT2D eigenvalue weighted by Gasteiger charge is -2.35. The number of halogens is 1. The molecular weight excluding hydrogens is 252 g/mol. The first-order valence-electron chi connectivity index (χ1n) is 6.26. The molecule has 0 bridgehead atoms. The molecule has 1 aliphatic heterocycles. The molecule has 1 aromatic rings. The molecule has 0 saturated carbocycles. The summed E-state index contributed by atoms with van der Waals surface area (Å²) in [5, 5.41) is 22.4. The summed E-state index contributed by atoms with van der Waals surface area (Å²) in [4.78, 5) is 2.34. The van der Waals surface area contributed by atoms with Crippen LogP contribution < -0.4 is 5.32 Å². The van der Waals surface area contributed by atoms with Crippen LogP contribution in [0.2, 0.25) is 5.02 Å². The number of benzene rings is 1. The molecule has 1 atom stereocenters. The van der Waals surface area contributed by atoms with Gasteiger partial charge in [-0.05, 0) is 24.1 Å². The summed E-state index contributed by atoms with van der Waals surface area (Å²) in [5.41, 5.74) is 1.05. The van der Waals surface area contributed by atoms with Crippen LogP contribution in [-0.4, -0.2) is 47.9 Å². The Balaban J connectivity index is 2.19. The Bertz CT molecular complexity index is 395. The maximum Gasteiger partial charge on any atom is 0.134 e. The van der Waals surface area contributed by atoms with Gasteiger partial charge < -0.3 is 15.5 Å². The number of phenols is 1. The standard InChI is InChI=1S/C13H19ClN2O2/c14-11-9-10(1-2-13(11)18)12(3-8-17)16-6-4-15-5-7-16/h1-2,9,12,15,17-18H,3-8H2/t12-/m1/s1. The highest BCUT2D eigenvalue weighted by Crippen LogP contribution is 2.30. The zero-order chi connectivity index (χ0) is 13.0. The van der Waals surface area contributed by atoms with E-state index in [2.05, 4.69) is 10.2 Å². The van der Waals surface area contributed by atoms with Crippen LogP contribution in [0.3, 0.4) is 0 Å². The zero-order valence-corrected chi connectivity index (χ0v) is 11.0. The average molecular weight is 271 g/mol. The van der Waals surface area contributed by atoms with Gasteiger partial charge >= 0.3 is 0 Å². The third-order valence-electron chi connectivity index (χ3n) is 3.35. The molecule has 0 unspecified atom stereocenters. The van der Waals surface area contributed by atoms with E-state index in [1.807, 2.05) is 6.07 Å². The Kier molecular flexibility index (Phi) is 4.83. The monoisotopic (exact) mass is 270 g/mol. The molecule has 0 spiro atoms. The Morgan fingerprint density at radius 3 is 2.67 bits per heavy atom. The number of piperazine rings is 1. The van der Waals surface area contributed by atoms with Gasteiger partial charge in [-0.25, -0.2) is 0 Å². The van der Waals surface area contributed by atoms with Gasteiger partial charge in [-0.2, -0.15) is 0 Å². The van der Waals surface area contributed by atoms with Crippen molar-refractivity contribution in [1.29, 1.82) is 0 Å². The Morgan fingerprint density at radius 2 is 2.06 bits per heavy atom. The minimum atomic E-state index is 0.100. The van der Waals surface area contributed by atoms with Crippen molar-refractivity contribution >= 4 is 11.6 Å². The van der Waals surface area contributed by atoms with Gasteiger partial charge in [-0.3, -0.25) is 4.90 Å². The highest BCUT2D eigenvalue weighted by Gasteiger charge is 2.22. The van der Waals surface area contributed by atoms with E-state index < -0.39 is 0 Å². The van der Waals surface area contributed by atoms with E-state index in [1.165, 1.54) is 0 Å². The minimum absolute atomic E-state index is 0.100. The van der Waals surface area contributed by atoms with Crippen LogP contribution in [0.4, 0.5) is 0 Å². The minimum Gasteiger partial charge on any atom is -0.506 e. The van der Waals surface area contributed by atoms with Gasteiger partial charge in [0.2, 0.25) is 0 Å². The summed E-state index contributed by atoms with van der Waals surface area (Å²) < 4.78 is 0. The third-order valence-corrected chi connectivity index (χ3v) is 3.65. The van der Waals surface area contributed by atoms with Crippen molar-refractivity contribution in [2.45, 2.75) is 12.5 Å². The molecule has 3 N–H and O–H groups in total. The fraction of sp³-hybridized carbons (Fsp3) is 0.538. The van der Waals surface area contributed by atoms with Crippen molar-refractivity contribution in [3.63, 3.8) is 0 Å². The predicted molar refractivity (Wildman–Crippen MR) is 72.0 cm³/mol. The normalized spacial score (nSPS) is 18.8. The third kappa shape index (κ3) is 3.14. The van der Waals surface area contributed by atoms with Crippen molar-refractivity contribution < 1.29 is 10.2 Å². The number of aromatic hydroxyl groups is 1. The smallest absolute Gasteiger partial charge is 0.134 e. The summed E-state index contributed by atoms with van der Waals surface area (Å²) in [6, 6.07) is 5.45. The van der Waals surface area contributed by atoms with Crippen LogP contribution in [0.15, 0.2) is 18.2 Å². The predicted octanol–water partition coefficient (Wildman–Crippen LogP) is 1.37. The molecule has 0 radical (unpaired) electrons. The molecule has 0 amide bonds. The maximum atomic E-state index is 9.46. The first-order valence-corrected chi connectivity index (χ1v) is 6.64. The van der Waals surface area contributed by atoms with E-state index in [4.69, 9.17) is 11.6 Å². The van der Waals surface area contributed by atoms with E-state index in [0.717, 1.165) is 31.7 Å². The number of aliphatic hydroxyl groups excluding tert-OH is 1. The second-order valence-electron chi connectivity index (χ2n) is 4.52. The average Bonchev–Trinajstić information content (AvgIpc) is 2.40. The topological polar surface area (TPSA) is 55.7 Å². The molecule has 18 heavy (non-hydrogen) atoms. The van der Waals surface area contributed by atoms with E-state index in [1.54, 1.807) is 12.1 Å². The number of phenolic OH excluding ortho intramolecular Hbond substituents is 1. The van der Waals surface area contributed by atoms with Gasteiger partial charge in [0.1, 0.15) is 5.75 Å². The van der Waals surface area contributed by atoms with Gasteiger partial charge in [0.05, 0.1) is 5.02 Å². The van der Waals surface area contributed by atoms with Gasteiger partial charge in [0.25, 0.3) is 0 Å². The first-order chi connectivity index (χ1) is 8.72. The summed E-state index contributed by atoms with van der Waals surface area (Å²) in [6.07, 6.45) is 0.682. The number of hydrogen-bond donors (Lipinski definition) is 3. The Hall–Kier alpha value is -0.810. The van der Waals surface area contributed by atoms with Crippen LogP contribution in [0.1, 0.15) is 18.0 Å². The number of nitrogens with zero attached hydrogens (tertiary/aromatic N) is 1. The molecule has 1 aromatic carbocycles. The van der Waals surface area contributed by atoms with Crippen LogP contribution in [-0.2, 0) is 0 Å². The molecule has 1 fully saturated rings. The Labute approximate surface area is 112 Å². The first kappa shape index (κ1) is 13.6. The highest BCUT2D eigenvalue weighted by atomic mass is 35.5. The molecule has 4 nitrogen and oxygen atoms in total. The van der Waals surface area contributed by atoms with Gasteiger partial charge in [0, 0.05) is 38.8 Å². The SMILES string of the molecule is OCC[C@H](c1ccc(O)c(Cl)c1)N1CCNCC1. The highest BCUT2D eigenvalue weighted by molar-refractivity contribution is 6.32. The molecule has 1 saturated heterocycles. The van der Waals surface area contributed by atoms with Crippen LogP contribution in [0.25, 0.3) is 0 Å². The molecule has 5 heteroatoms. The summed E-state index contributed by atoms with van der Waals surface area (Å²) in [5.74, 6) is 0.100. The van der Waals surface area contributed by atoms with E-state index in [0.29, 0.717) is 11.4 Å². The number of aliphatic hydroxyl groups is 1. The molecule has 2 rings (SSSR count). The fourth-order valence-electron chi connectivity index (χ4n) is 2.41. The molecule has 1 heterocycles. The molecule has 0 aromatic heterocycles. The van der Waals surface area contributed by atoms with Crippen LogP contribution >= 0.6 is 11.6 Å². The molecule has 100 valence electrons. The van der Waals surface area contributed by atoms with E-state index in [9.17, 15) is 10.2 Å². The lowest BCUT2D eigenvalue weighted by Crippen LogP contribution is -2.45. The van der Waals surface area contributed by atoms with Gasteiger partial charge in [0.15, 0.2) is 0 Å². The Morgan fingerprint density at radius 1 is 1.33 bits per heavy atom. The summed E-state index contributed by atoms with van der Waals surface area (Å²) in [6.45, 7) is 4.00. The number of hydrogen-bond acceptors (Lipinski definition) is 4. The lowest BCUT2D eigenvalue weighted by molar-refractivity contribution is 0.141. The number of rotatable bonds is 4. The summed E-state index contributed by atoms with van der Waals surface area (Å²) >= 11 is 5.95. The number of nitrogens with one attached hydrogen (secondary N) is 1. The maximum absolute atomic E-state index is 9.46. The lowest BCUT2D eigenvalue weighted by atomic mass is 10.0. The largest absolute Gasteiger partial charge is 0.506 e.